The van der Waals surface area contributed by atoms with E-state index in [0.29, 0.717) is 5.75 Å². The van der Waals surface area contributed by atoms with E-state index in [2.05, 4.69) is 36.0 Å². The molecule has 0 unspecified atom stereocenters. The molecule has 40 valence electrons. The van der Waals surface area contributed by atoms with Gasteiger partial charge in [-0.25, -0.2) is 0 Å². The number of aliphatic hydroxyl groups excluding tert-OH is 1. The highest BCUT2D eigenvalue weighted by atomic mass is 33.1. The van der Waals surface area contributed by atoms with Gasteiger partial charge in [-0.15, -0.1) is 23.3 Å². The zero-order chi connectivity index (χ0) is 5.41. The zero-order valence-electron chi connectivity index (χ0n) is 3.20. The normalized spacial score (nSPS) is 6.00. The Labute approximate surface area is 53.8 Å². The lowest BCUT2D eigenvalue weighted by Crippen LogP contribution is -1.76. The second-order valence-corrected chi connectivity index (χ2v) is 0.894. The summed E-state index contributed by atoms with van der Waals surface area (Å²) in [4.78, 5) is 0. The number of aliphatic hydroxyl groups is 1. The van der Waals surface area contributed by atoms with Crippen LogP contribution < -0.4 is 0 Å². The number of hydrogen-bond acceptors (Lipinski definition) is 4. The van der Waals surface area contributed by atoms with Gasteiger partial charge in [0.05, 0.1) is 6.61 Å². The van der Waals surface area contributed by atoms with Crippen molar-refractivity contribution in [3.05, 3.63) is 0 Å². The van der Waals surface area contributed by atoms with Gasteiger partial charge in [-0.3, -0.25) is 0 Å². The fourth-order valence-corrected chi connectivity index (χ4v) is 0. The molecule has 0 aromatic carbocycles. The standard InChI is InChI=1S/C2H6OS.H2S2/c3-1-2-4;1-2/h3-4H,1-2H2;1-2H. The number of hydrogen-bond donors (Lipinski definition) is 4. The van der Waals surface area contributed by atoms with Crippen LogP contribution in [0.25, 0.3) is 0 Å². The summed E-state index contributed by atoms with van der Waals surface area (Å²) in [5, 5.41) is 7.80. The minimum atomic E-state index is 0.184. The largest absolute Gasteiger partial charge is 0.396 e. The van der Waals surface area contributed by atoms with Gasteiger partial charge in [0.2, 0.25) is 0 Å². The van der Waals surface area contributed by atoms with E-state index in [1.165, 1.54) is 0 Å². The van der Waals surface area contributed by atoms with Crippen LogP contribution in [0.3, 0.4) is 0 Å². The van der Waals surface area contributed by atoms with Crippen molar-refractivity contribution in [2.45, 2.75) is 0 Å². The van der Waals surface area contributed by atoms with Crippen LogP contribution in [-0.2, 0) is 0 Å². The van der Waals surface area contributed by atoms with Gasteiger partial charge in [0.1, 0.15) is 0 Å². The van der Waals surface area contributed by atoms with E-state index in [1.807, 2.05) is 0 Å². The average Bonchev–Trinajstić information content (AvgIpc) is 1.72. The van der Waals surface area contributed by atoms with Crippen molar-refractivity contribution in [2.75, 3.05) is 12.4 Å². The maximum atomic E-state index is 7.80. The summed E-state index contributed by atoms with van der Waals surface area (Å²) in [6, 6.07) is 0. The van der Waals surface area contributed by atoms with Crippen LogP contribution in [0.2, 0.25) is 0 Å². The first-order chi connectivity index (χ1) is 2.91. The lowest BCUT2D eigenvalue weighted by molar-refractivity contribution is 0.323. The van der Waals surface area contributed by atoms with Crippen molar-refractivity contribution in [1.29, 1.82) is 0 Å². The first kappa shape index (κ1) is 10.1. The third kappa shape index (κ3) is 19.9. The molecule has 1 N–H and O–H groups in total. The Hall–Kier alpha value is 1.01. The van der Waals surface area contributed by atoms with Gasteiger partial charge in [-0.1, -0.05) is 0 Å². The quantitative estimate of drug-likeness (QED) is 0.315. The van der Waals surface area contributed by atoms with E-state index in [9.17, 15) is 0 Å². The highest BCUT2D eigenvalue weighted by Crippen LogP contribution is 1.65. The third-order valence-electron chi connectivity index (χ3n) is 0.1000. The molecule has 0 heterocycles. The SMILES string of the molecule is OCCS.SS. The van der Waals surface area contributed by atoms with Crippen molar-refractivity contribution >= 4 is 36.0 Å². The Kier molecular flexibility index (Phi) is 28.0. The van der Waals surface area contributed by atoms with E-state index in [-0.39, 0.29) is 6.61 Å². The molecule has 1 nitrogen and oxygen atoms in total. The van der Waals surface area contributed by atoms with Gasteiger partial charge < -0.3 is 5.11 Å². The summed E-state index contributed by atoms with van der Waals surface area (Å²) >= 11 is 10.1. The fraction of sp³-hybridized carbons (Fsp3) is 1.00. The molecule has 0 atom stereocenters. The Morgan fingerprint density at radius 2 is 1.50 bits per heavy atom. The van der Waals surface area contributed by atoms with Gasteiger partial charge in [-0.2, -0.15) is 12.6 Å². The predicted molar refractivity (Wildman–Crippen MR) is 38.9 cm³/mol. The molecule has 0 saturated carbocycles. The van der Waals surface area contributed by atoms with E-state index in [0.717, 1.165) is 0 Å². The average molecular weight is 144 g/mol. The molecule has 0 saturated heterocycles. The van der Waals surface area contributed by atoms with E-state index >= 15 is 0 Å². The lowest BCUT2D eigenvalue weighted by atomic mass is 10.9. The smallest absolute Gasteiger partial charge is 0.0519 e. The molecule has 0 radical (unpaired) electrons. The monoisotopic (exact) mass is 144 g/mol. The zero-order valence-corrected chi connectivity index (χ0v) is 5.89. The van der Waals surface area contributed by atoms with Crippen LogP contribution in [0.1, 0.15) is 0 Å². The van der Waals surface area contributed by atoms with Crippen LogP contribution in [-0.4, -0.2) is 17.5 Å². The molecule has 0 aliphatic rings. The van der Waals surface area contributed by atoms with E-state index in [4.69, 9.17) is 5.11 Å². The molecule has 0 aliphatic heterocycles. The maximum Gasteiger partial charge on any atom is 0.0519 e. The third-order valence-corrected chi connectivity index (χ3v) is 0.300. The molecule has 0 amide bonds. The van der Waals surface area contributed by atoms with Gasteiger partial charge in [0, 0.05) is 5.75 Å². The fourth-order valence-electron chi connectivity index (χ4n) is 0. The van der Waals surface area contributed by atoms with Gasteiger partial charge in [-0.05, 0) is 0 Å². The van der Waals surface area contributed by atoms with Gasteiger partial charge in [0.25, 0.3) is 0 Å². The highest BCUT2D eigenvalue weighted by molar-refractivity contribution is 8.59. The molecule has 6 heavy (non-hydrogen) atoms. The second-order valence-electron chi connectivity index (χ2n) is 0.447. The van der Waals surface area contributed by atoms with Gasteiger partial charge >= 0.3 is 0 Å². The van der Waals surface area contributed by atoms with Crippen molar-refractivity contribution in [1.82, 2.24) is 0 Å². The van der Waals surface area contributed by atoms with Crippen LogP contribution in [0.5, 0.6) is 0 Å². The molecular formula is C2H8OS3. The predicted octanol–water partition coefficient (Wildman–Crippen LogP) is 0.669. The second kappa shape index (κ2) is 16.7. The molecule has 0 fully saturated rings. The molecule has 0 bridgehead atoms. The van der Waals surface area contributed by atoms with Crippen LogP contribution in [0.15, 0.2) is 0 Å². The van der Waals surface area contributed by atoms with Crippen LogP contribution >= 0.6 is 36.0 Å². The Bertz CT molecular complexity index is 10.8. The first-order valence-corrected chi connectivity index (χ1v) is 3.56. The summed E-state index contributed by atoms with van der Waals surface area (Å²) in [6.45, 7) is 0.184. The Morgan fingerprint density at radius 3 is 1.50 bits per heavy atom. The molecule has 0 spiro atoms. The summed E-state index contributed by atoms with van der Waals surface area (Å²) in [7, 11) is 0. The van der Waals surface area contributed by atoms with Gasteiger partial charge in [0.15, 0.2) is 0 Å². The Morgan fingerprint density at radius 1 is 1.33 bits per heavy atom. The van der Waals surface area contributed by atoms with Crippen LogP contribution in [0.4, 0.5) is 0 Å². The minimum Gasteiger partial charge on any atom is -0.396 e. The summed E-state index contributed by atoms with van der Waals surface area (Å²) in [6.07, 6.45) is 0. The molecule has 0 rings (SSSR count). The molecule has 0 aromatic heterocycles. The summed E-state index contributed by atoms with van der Waals surface area (Å²) in [5.41, 5.74) is 0. The molecule has 0 aromatic rings. The topological polar surface area (TPSA) is 20.2 Å². The van der Waals surface area contributed by atoms with E-state index in [1.54, 1.807) is 0 Å². The summed E-state index contributed by atoms with van der Waals surface area (Å²) in [5.74, 6) is 0.569. The van der Waals surface area contributed by atoms with Crippen molar-refractivity contribution in [3.63, 3.8) is 0 Å². The Balaban J connectivity index is 0. The maximum absolute atomic E-state index is 7.80. The minimum absolute atomic E-state index is 0.184. The lowest BCUT2D eigenvalue weighted by Gasteiger charge is -1.69. The number of thiol groups is 3. The first-order valence-electron chi connectivity index (χ1n) is 1.33. The number of rotatable bonds is 1. The highest BCUT2D eigenvalue weighted by Gasteiger charge is 1.57. The molecule has 4 heteroatoms. The van der Waals surface area contributed by atoms with Crippen molar-refractivity contribution < 1.29 is 5.11 Å². The van der Waals surface area contributed by atoms with Crippen LogP contribution in [0, 0.1) is 0 Å². The van der Waals surface area contributed by atoms with Crippen molar-refractivity contribution in [2.24, 2.45) is 0 Å². The molecular weight excluding hydrogens is 136 g/mol. The molecule has 0 aliphatic carbocycles. The summed E-state index contributed by atoms with van der Waals surface area (Å²) < 4.78 is 0. The van der Waals surface area contributed by atoms with E-state index < -0.39 is 0 Å². The van der Waals surface area contributed by atoms with Crippen molar-refractivity contribution in [3.8, 4) is 0 Å².